The Hall–Kier alpha value is -0.670. The zero-order chi connectivity index (χ0) is 11.7. The molecule has 2 heterocycles. The van der Waals surface area contributed by atoms with E-state index < -0.39 is 0 Å². The number of hydrogen-bond acceptors (Lipinski definition) is 2. The molecule has 1 aliphatic heterocycles. The van der Waals surface area contributed by atoms with Gasteiger partial charge in [-0.2, -0.15) is 11.8 Å². The molecular weight excluding hydrogens is 252 g/mol. The molecule has 0 unspecified atom stereocenters. The monoisotopic (exact) mass is 266 g/mol. The Morgan fingerprint density at radius 2 is 2.06 bits per heavy atom. The van der Waals surface area contributed by atoms with E-state index in [1.807, 2.05) is 17.8 Å². The van der Waals surface area contributed by atoms with Crippen molar-refractivity contribution < 1.29 is 0 Å². The summed E-state index contributed by atoms with van der Waals surface area (Å²) in [4.78, 5) is 4.63. The number of thioether (sulfide) groups is 1. The number of hydrogen-bond donors (Lipinski definition) is 0. The van der Waals surface area contributed by atoms with Crippen LogP contribution in [0.1, 0.15) is 24.7 Å². The fourth-order valence-electron chi connectivity index (χ4n) is 2.54. The van der Waals surface area contributed by atoms with E-state index in [-0.39, 0.29) is 0 Å². The molecular formula is C13H15ClN2S. The molecule has 0 radical (unpaired) electrons. The normalized spacial score (nSPS) is 17.7. The Bertz CT molecular complexity index is 517. The van der Waals surface area contributed by atoms with Crippen molar-refractivity contribution in [2.24, 2.45) is 0 Å². The van der Waals surface area contributed by atoms with Crippen LogP contribution in [0, 0.1) is 0 Å². The van der Waals surface area contributed by atoms with E-state index in [4.69, 9.17) is 11.6 Å². The second-order valence-electron chi connectivity index (χ2n) is 4.36. The van der Waals surface area contributed by atoms with E-state index in [1.165, 1.54) is 29.9 Å². The molecule has 1 aromatic heterocycles. The van der Waals surface area contributed by atoms with Crippen LogP contribution in [0.5, 0.6) is 0 Å². The zero-order valence-corrected chi connectivity index (χ0v) is 11.2. The molecule has 0 N–H and O–H groups in total. The number of nitrogens with zero attached hydrogens (tertiary/aromatic N) is 2. The first-order valence-electron chi connectivity index (χ1n) is 5.99. The van der Waals surface area contributed by atoms with Gasteiger partial charge in [0.05, 0.1) is 16.9 Å². The van der Waals surface area contributed by atoms with Crippen molar-refractivity contribution in [3.63, 3.8) is 0 Å². The quantitative estimate of drug-likeness (QED) is 0.769. The largest absolute Gasteiger partial charge is 0.324 e. The lowest BCUT2D eigenvalue weighted by Gasteiger charge is -2.25. The smallest absolute Gasteiger partial charge is 0.125 e. The average Bonchev–Trinajstić information content (AvgIpc) is 2.78. The number of para-hydroxylation sites is 2. The van der Waals surface area contributed by atoms with Crippen LogP contribution in [-0.2, 0) is 5.88 Å². The standard InChI is InChI=1S/C13H15ClN2S/c14-9-13-15-11-3-1-2-4-12(11)16(13)10-5-7-17-8-6-10/h1-4,10H,5-9H2. The maximum absolute atomic E-state index is 6.03. The molecule has 0 spiro atoms. The third-order valence-electron chi connectivity index (χ3n) is 3.34. The molecule has 0 amide bonds. The van der Waals surface area contributed by atoms with Gasteiger partial charge in [-0.05, 0) is 36.5 Å². The van der Waals surface area contributed by atoms with E-state index in [9.17, 15) is 0 Å². The molecule has 17 heavy (non-hydrogen) atoms. The van der Waals surface area contributed by atoms with Gasteiger partial charge in [-0.3, -0.25) is 0 Å². The fourth-order valence-corrected chi connectivity index (χ4v) is 3.81. The van der Waals surface area contributed by atoms with E-state index >= 15 is 0 Å². The highest BCUT2D eigenvalue weighted by atomic mass is 35.5. The summed E-state index contributed by atoms with van der Waals surface area (Å²) in [6, 6.07) is 8.92. The third-order valence-corrected chi connectivity index (χ3v) is 4.63. The highest BCUT2D eigenvalue weighted by Gasteiger charge is 2.20. The third kappa shape index (κ3) is 2.06. The lowest BCUT2D eigenvalue weighted by atomic mass is 10.1. The summed E-state index contributed by atoms with van der Waals surface area (Å²) in [5, 5.41) is 0. The first kappa shape index (κ1) is 11.4. The van der Waals surface area contributed by atoms with Crippen LogP contribution in [0.4, 0.5) is 0 Å². The van der Waals surface area contributed by atoms with Crippen molar-refractivity contribution in [2.75, 3.05) is 11.5 Å². The van der Waals surface area contributed by atoms with E-state index in [2.05, 4.69) is 27.8 Å². The summed E-state index contributed by atoms with van der Waals surface area (Å²) in [6.07, 6.45) is 2.46. The molecule has 3 rings (SSSR count). The van der Waals surface area contributed by atoms with Gasteiger partial charge >= 0.3 is 0 Å². The molecule has 0 saturated carbocycles. The Labute approximate surface area is 110 Å². The van der Waals surface area contributed by atoms with Crippen LogP contribution in [-0.4, -0.2) is 21.1 Å². The minimum absolute atomic E-state index is 0.498. The van der Waals surface area contributed by atoms with Crippen molar-refractivity contribution in [3.05, 3.63) is 30.1 Å². The lowest BCUT2D eigenvalue weighted by molar-refractivity contribution is 0.470. The predicted octanol–water partition coefficient (Wildman–Crippen LogP) is 3.84. The van der Waals surface area contributed by atoms with Gasteiger partial charge in [-0.1, -0.05) is 12.1 Å². The first-order chi connectivity index (χ1) is 8.40. The predicted molar refractivity (Wildman–Crippen MR) is 74.9 cm³/mol. The molecule has 2 nitrogen and oxygen atoms in total. The van der Waals surface area contributed by atoms with Crippen molar-refractivity contribution in [3.8, 4) is 0 Å². The highest BCUT2D eigenvalue weighted by molar-refractivity contribution is 7.99. The Morgan fingerprint density at radius 1 is 1.29 bits per heavy atom. The second kappa shape index (κ2) is 4.91. The number of aromatic nitrogens is 2. The van der Waals surface area contributed by atoms with Crippen LogP contribution in [0.2, 0.25) is 0 Å². The SMILES string of the molecule is ClCc1nc2ccccc2n1C1CCSCC1. The second-order valence-corrected chi connectivity index (χ2v) is 5.86. The van der Waals surface area contributed by atoms with Gasteiger partial charge in [-0.15, -0.1) is 11.6 Å². The molecule has 1 aromatic carbocycles. The lowest BCUT2D eigenvalue weighted by Crippen LogP contribution is -2.17. The molecule has 1 aliphatic rings. The summed E-state index contributed by atoms with van der Waals surface area (Å²) in [5.41, 5.74) is 2.31. The minimum Gasteiger partial charge on any atom is -0.324 e. The van der Waals surface area contributed by atoms with E-state index in [0.29, 0.717) is 11.9 Å². The molecule has 4 heteroatoms. The number of alkyl halides is 1. The summed E-state index contributed by atoms with van der Waals surface area (Å²) in [7, 11) is 0. The van der Waals surface area contributed by atoms with Crippen LogP contribution in [0.15, 0.2) is 24.3 Å². The topological polar surface area (TPSA) is 17.8 Å². The van der Waals surface area contributed by atoms with Gasteiger partial charge in [0.15, 0.2) is 0 Å². The van der Waals surface area contributed by atoms with E-state index in [1.54, 1.807) is 0 Å². The summed E-state index contributed by atoms with van der Waals surface area (Å²) < 4.78 is 2.36. The summed E-state index contributed by atoms with van der Waals surface area (Å²) >= 11 is 8.08. The Kier molecular flexibility index (Phi) is 3.30. The van der Waals surface area contributed by atoms with E-state index in [0.717, 1.165) is 11.3 Å². The summed E-state index contributed by atoms with van der Waals surface area (Å²) in [6.45, 7) is 0. The van der Waals surface area contributed by atoms with Crippen LogP contribution in [0.3, 0.4) is 0 Å². The van der Waals surface area contributed by atoms with Gasteiger partial charge in [0.1, 0.15) is 5.82 Å². The maximum Gasteiger partial charge on any atom is 0.125 e. The number of benzene rings is 1. The van der Waals surface area contributed by atoms with Crippen molar-refractivity contribution in [1.29, 1.82) is 0 Å². The molecule has 0 bridgehead atoms. The molecule has 2 aromatic rings. The molecule has 90 valence electrons. The first-order valence-corrected chi connectivity index (χ1v) is 7.68. The molecule has 0 aliphatic carbocycles. The van der Waals surface area contributed by atoms with Gasteiger partial charge in [0.25, 0.3) is 0 Å². The van der Waals surface area contributed by atoms with Crippen LogP contribution in [0.25, 0.3) is 11.0 Å². The van der Waals surface area contributed by atoms with Crippen molar-refractivity contribution in [1.82, 2.24) is 9.55 Å². The van der Waals surface area contributed by atoms with Crippen molar-refractivity contribution in [2.45, 2.75) is 24.8 Å². The number of imidazole rings is 1. The zero-order valence-electron chi connectivity index (χ0n) is 9.60. The average molecular weight is 267 g/mol. The van der Waals surface area contributed by atoms with Gasteiger partial charge in [0, 0.05) is 6.04 Å². The molecule has 0 atom stereocenters. The molecule has 1 saturated heterocycles. The van der Waals surface area contributed by atoms with Gasteiger partial charge < -0.3 is 4.57 Å². The Balaban J connectivity index is 2.11. The maximum atomic E-state index is 6.03. The highest BCUT2D eigenvalue weighted by Crippen LogP contribution is 2.31. The molecule has 1 fully saturated rings. The van der Waals surface area contributed by atoms with Gasteiger partial charge in [0.2, 0.25) is 0 Å². The fraction of sp³-hybridized carbons (Fsp3) is 0.462. The minimum atomic E-state index is 0.498. The van der Waals surface area contributed by atoms with Crippen molar-refractivity contribution >= 4 is 34.4 Å². The van der Waals surface area contributed by atoms with Gasteiger partial charge in [-0.25, -0.2) is 4.98 Å². The van der Waals surface area contributed by atoms with Crippen LogP contribution < -0.4 is 0 Å². The summed E-state index contributed by atoms with van der Waals surface area (Å²) in [5.74, 6) is 4.01. The number of fused-ring (bicyclic) bond motifs is 1. The Morgan fingerprint density at radius 3 is 2.82 bits per heavy atom. The number of halogens is 1. The van der Waals surface area contributed by atoms with Crippen LogP contribution >= 0.6 is 23.4 Å². The number of rotatable bonds is 2.